The van der Waals surface area contributed by atoms with Crippen LogP contribution in [0.5, 0.6) is 5.75 Å². The SMILES string of the molecule is CCCCCCCCCCOC1OCc2c[n+](C)c(C)c(O)c21. The van der Waals surface area contributed by atoms with Crippen LogP contribution in [0.25, 0.3) is 0 Å². The molecule has 0 saturated heterocycles. The maximum atomic E-state index is 10.3. The average molecular weight is 322 g/mol. The molecule has 0 aliphatic carbocycles. The Kier molecular flexibility index (Phi) is 7.31. The van der Waals surface area contributed by atoms with E-state index >= 15 is 0 Å². The van der Waals surface area contributed by atoms with Crippen molar-refractivity contribution in [3.8, 4) is 5.75 Å². The van der Waals surface area contributed by atoms with Crippen LogP contribution in [0.4, 0.5) is 0 Å². The second-order valence-corrected chi connectivity index (χ2v) is 6.60. The van der Waals surface area contributed by atoms with Crippen LogP contribution in [0.15, 0.2) is 6.20 Å². The Morgan fingerprint density at radius 3 is 2.52 bits per heavy atom. The molecule has 2 heterocycles. The lowest BCUT2D eigenvalue weighted by atomic mass is 10.1. The summed E-state index contributed by atoms with van der Waals surface area (Å²) in [7, 11) is 1.93. The Balaban J connectivity index is 1.68. The molecule has 0 aromatic carbocycles. The second-order valence-electron chi connectivity index (χ2n) is 6.60. The summed E-state index contributed by atoms with van der Waals surface area (Å²) >= 11 is 0. The van der Waals surface area contributed by atoms with Crippen molar-refractivity contribution < 1.29 is 19.1 Å². The standard InChI is InChI=1S/C19H31NO3/c1-4-5-6-7-8-9-10-11-12-22-19-17-16(14-23-19)13-20(3)15(2)18(17)21/h13,19H,4-12,14H2,1-3H3/p+1. The highest BCUT2D eigenvalue weighted by molar-refractivity contribution is 5.40. The van der Waals surface area contributed by atoms with Crippen LogP contribution in [0.1, 0.15) is 81.4 Å². The molecule has 0 fully saturated rings. The number of aromatic hydroxyl groups is 1. The highest BCUT2D eigenvalue weighted by Crippen LogP contribution is 2.38. The Morgan fingerprint density at radius 2 is 1.83 bits per heavy atom. The maximum Gasteiger partial charge on any atom is 0.220 e. The lowest BCUT2D eigenvalue weighted by Crippen LogP contribution is -2.32. The summed E-state index contributed by atoms with van der Waals surface area (Å²) in [4.78, 5) is 0. The Hall–Kier alpha value is -1.13. The first-order valence-corrected chi connectivity index (χ1v) is 9.09. The predicted octanol–water partition coefficient (Wildman–Crippen LogP) is 4.21. The normalized spacial score (nSPS) is 16.7. The smallest absolute Gasteiger partial charge is 0.220 e. The van der Waals surface area contributed by atoms with Gasteiger partial charge in [0.1, 0.15) is 7.05 Å². The summed E-state index contributed by atoms with van der Waals surface area (Å²) in [6.07, 6.45) is 11.9. The van der Waals surface area contributed by atoms with Gasteiger partial charge in [-0.15, -0.1) is 0 Å². The van der Waals surface area contributed by atoms with Crippen molar-refractivity contribution in [2.45, 2.75) is 78.1 Å². The molecule has 0 bridgehead atoms. The fourth-order valence-corrected chi connectivity index (χ4v) is 3.10. The largest absolute Gasteiger partial charge is 0.502 e. The molecule has 1 aliphatic heterocycles. The quantitative estimate of drug-likeness (QED) is 0.518. The molecule has 0 radical (unpaired) electrons. The fraction of sp³-hybridized carbons (Fsp3) is 0.737. The van der Waals surface area contributed by atoms with Crippen molar-refractivity contribution in [2.24, 2.45) is 7.05 Å². The molecule has 1 aromatic rings. The van der Waals surface area contributed by atoms with Gasteiger partial charge in [-0.1, -0.05) is 51.9 Å². The lowest BCUT2D eigenvalue weighted by Gasteiger charge is -2.13. The number of hydrogen-bond donors (Lipinski definition) is 1. The first-order valence-electron chi connectivity index (χ1n) is 9.09. The van der Waals surface area contributed by atoms with Crippen LogP contribution in [0, 0.1) is 6.92 Å². The number of unbranched alkanes of at least 4 members (excludes halogenated alkanes) is 7. The van der Waals surface area contributed by atoms with Crippen molar-refractivity contribution >= 4 is 0 Å². The van der Waals surface area contributed by atoms with E-state index in [2.05, 4.69) is 6.92 Å². The zero-order valence-electron chi connectivity index (χ0n) is 14.9. The molecule has 1 N–H and O–H groups in total. The predicted molar refractivity (Wildman–Crippen MR) is 90.1 cm³/mol. The third kappa shape index (κ3) is 4.92. The van der Waals surface area contributed by atoms with E-state index in [9.17, 15) is 5.11 Å². The van der Waals surface area contributed by atoms with Gasteiger partial charge in [-0.2, -0.15) is 0 Å². The Labute approximate surface area is 140 Å². The number of ether oxygens (including phenoxy) is 2. The summed E-state index contributed by atoms with van der Waals surface area (Å²) in [6.45, 7) is 5.36. The number of aryl methyl sites for hydroxylation is 1. The molecule has 2 rings (SSSR count). The van der Waals surface area contributed by atoms with Gasteiger partial charge in [0.25, 0.3) is 0 Å². The van der Waals surface area contributed by atoms with E-state index in [4.69, 9.17) is 9.47 Å². The monoisotopic (exact) mass is 322 g/mol. The molecule has 1 unspecified atom stereocenters. The number of pyridine rings is 1. The molecule has 0 amide bonds. The van der Waals surface area contributed by atoms with E-state index in [1.807, 2.05) is 24.7 Å². The van der Waals surface area contributed by atoms with Gasteiger partial charge in [0.2, 0.25) is 5.69 Å². The van der Waals surface area contributed by atoms with Crippen molar-refractivity contribution in [2.75, 3.05) is 6.61 Å². The molecule has 0 saturated carbocycles. The number of hydrogen-bond acceptors (Lipinski definition) is 3. The van der Waals surface area contributed by atoms with Gasteiger partial charge in [-0.25, -0.2) is 4.57 Å². The molecule has 1 aromatic heterocycles. The zero-order valence-corrected chi connectivity index (χ0v) is 14.9. The molecule has 130 valence electrons. The third-order valence-electron chi connectivity index (χ3n) is 4.72. The second kappa shape index (κ2) is 9.24. The Morgan fingerprint density at radius 1 is 1.17 bits per heavy atom. The minimum absolute atomic E-state index is 0.309. The summed E-state index contributed by atoms with van der Waals surface area (Å²) in [5, 5.41) is 10.3. The number of rotatable bonds is 10. The van der Waals surface area contributed by atoms with Crippen LogP contribution in [0.3, 0.4) is 0 Å². The Bertz CT molecular complexity index is 502. The van der Waals surface area contributed by atoms with Crippen LogP contribution in [-0.4, -0.2) is 11.7 Å². The molecule has 4 nitrogen and oxygen atoms in total. The third-order valence-corrected chi connectivity index (χ3v) is 4.72. The molecular weight excluding hydrogens is 290 g/mol. The lowest BCUT2D eigenvalue weighted by molar-refractivity contribution is -0.678. The van der Waals surface area contributed by atoms with Crippen molar-refractivity contribution in [1.29, 1.82) is 0 Å². The minimum atomic E-state index is -0.408. The summed E-state index contributed by atoms with van der Waals surface area (Å²) in [6, 6.07) is 0. The van der Waals surface area contributed by atoms with Gasteiger partial charge in [0, 0.05) is 6.92 Å². The van der Waals surface area contributed by atoms with Gasteiger partial charge in [0.05, 0.1) is 24.3 Å². The van der Waals surface area contributed by atoms with Gasteiger partial charge in [-0.3, -0.25) is 0 Å². The van der Waals surface area contributed by atoms with Crippen LogP contribution >= 0.6 is 0 Å². The first-order chi connectivity index (χ1) is 11.1. The summed E-state index contributed by atoms with van der Waals surface area (Å²) in [5.41, 5.74) is 2.69. The number of aromatic nitrogens is 1. The highest BCUT2D eigenvalue weighted by atomic mass is 16.7. The number of fused-ring (bicyclic) bond motifs is 1. The minimum Gasteiger partial charge on any atom is -0.502 e. The highest BCUT2D eigenvalue weighted by Gasteiger charge is 2.32. The van der Waals surface area contributed by atoms with E-state index in [0.29, 0.717) is 19.0 Å². The molecule has 0 spiro atoms. The molecule has 1 atom stereocenters. The van der Waals surface area contributed by atoms with Crippen LogP contribution < -0.4 is 4.57 Å². The molecule has 23 heavy (non-hydrogen) atoms. The molecular formula is C19H32NO3+. The zero-order chi connectivity index (χ0) is 16.7. The van der Waals surface area contributed by atoms with Crippen LogP contribution in [0.2, 0.25) is 0 Å². The van der Waals surface area contributed by atoms with Gasteiger partial charge >= 0.3 is 0 Å². The average Bonchev–Trinajstić information content (AvgIpc) is 2.94. The summed E-state index contributed by atoms with van der Waals surface area (Å²) in [5.74, 6) is 0.309. The van der Waals surface area contributed by atoms with Gasteiger partial charge in [-0.05, 0) is 6.42 Å². The van der Waals surface area contributed by atoms with E-state index in [1.54, 1.807) is 0 Å². The maximum absolute atomic E-state index is 10.3. The molecule has 4 heteroatoms. The van der Waals surface area contributed by atoms with Crippen molar-refractivity contribution in [3.05, 3.63) is 23.0 Å². The van der Waals surface area contributed by atoms with E-state index in [-0.39, 0.29) is 0 Å². The van der Waals surface area contributed by atoms with E-state index < -0.39 is 6.29 Å². The summed E-state index contributed by atoms with van der Waals surface area (Å²) < 4.78 is 13.5. The van der Waals surface area contributed by atoms with Gasteiger partial charge in [0.15, 0.2) is 18.2 Å². The van der Waals surface area contributed by atoms with E-state index in [0.717, 1.165) is 23.2 Å². The van der Waals surface area contributed by atoms with Crippen molar-refractivity contribution in [3.63, 3.8) is 0 Å². The molecule has 1 aliphatic rings. The number of nitrogens with zero attached hydrogens (tertiary/aromatic N) is 1. The van der Waals surface area contributed by atoms with E-state index in [1.165, 1.54) is 44.9 Å². The van der Waals surface area contributed by atoms with Gasteiger partial charge < -0.3 is 14.6 Å². The first kappa shape index (κ1) is 18.2. The van der Waals surface area contributed by atoms with Crippen molar-refractivity contribution in [1.82, 2.24) is 0 Å². The van der Waals surface area contributed by atoms with Crippen LogP contribution in [-0.2, 0) is 23.1 Å². The fourth-order valence-electron chi connectivity index (χ4n) is 3.10. The topological polar surface area (TPSA) is 42.6 Å².